The molecule has 1 aromatic heterocycles. The maximum Gasteiger partial charge on any atom is 0.183 e. The quantitative estimate of drug-likeness (QED) is 0.848. The molecule has 0 spiro atoms. The van der Waals surface area contributed by atoms with E-state index in [1.165, 1.54) is 6.20 Å². The Bertz CT molecular complexity index is 630. The highest BCUT2D eigenvalue weighted by Crippen LogP contribution is 2.18. The second-order valence-corrected chi connectivity index (χ2v) is 4.76. The van der Waals surface area contributed by atoms with E-state index in [0.717, 1.165) is 11.3 Å². The van der Waals surface area contributed by atoms with Crippen LogP contribution in [0.1, 0.15) is 11.3 Å². The summed E-state index contributed by atoms with van der Waals surface area (Å²) in [5.41, 5.74) is 2.66. The number of nitrogens with zero attached hydrogens (tertiary/aromatic N) is 5. The van der Waals surface area contributed by atoms with E-state index in [-0.39, 0.29) is 0 Å². The van der Waals surface area contributed by atoms with Crippen molar-refractivity contribution in [3.8, 4) is 6.07 Å². The predicted molar refractivity (Wildman–Crippen MR) is 79.6 cm³/mol. The first-order valence-electron chi connectivity index (χ1n) is 6.30. The van der Waals surface area contributed by atoms with Gasteiger partial charge in [-0.25, -0.2) is 9.97 Å². The molecular formula is C15H17N5. The lowest BCUT2D eigenvalue weighted by Gasteiger charge is -2.20. The number of nitriles is 1. The lowest BCUT2D eigenvalue weighted by Crippen LogP contribution is -2.19. The molecule has 0 saturated heterocycles. The van der Waals surface area contributed by atoms with Crippen LogP contribution >= 0.6 is 0 Å². The molecule has 102 valence electrons. The standard InChI is InChI=1S/C15H17N5/c1-19(2)13-6-4-5-12(9-13)11-20(3)15-14(10-16)17-7-8-18-15/h4-9H,11H2,1-3H3. The topological polar surface area (TPSA) is 56.1 Å². The molecule has 2 rings (SSSR count). The molecule has 0 aliphatic heterocycles. The lowest BCUT2D eigenvalue weighted by atomic mass is 10.2. The van der Waals surface area contributed by atoms with Crippen LogP contribution in [-0.4, -0.2) is 31.1 Å². The third-order valence-corrected chi connectivity index (χ3v) is 2.99. The van der Waals surface area contributed by atoms with E-state index in [1.807, 2.05) is 32.1 Å². The van der Waals surface area contributed by atoms with Crippen molar-refractivity contribution in [1.82, 2.24) is 9.97 Å². The minimum atomic E-state index is 0.346. The molecular weight excluding hydrogens is 250 g/mol. The molecule has 0 N–H and O–H groups in total. The average Bonchev–Trinajstić information content (AvgIpc) is 2.47. The number of hydrogen-bond acceptors (Lipinski definition) is 5. The summed E-state index contributed by atoms with van der Waals surface area (Å²) in [6, 6.07) is 10.3. The molecule has 0 atom stereocenters. The van der Waals surface area contributed by atoms with Crippen LogP contribution in [0, 0.1) is 11.3 Å². The van der Waals surface area contributed by atoms with Crippen LogP contribution in [0.4, 0.5) is 11.5 Å². The van der Waals surface area contributed by atoms with Crippen molar-refractivity contribution in [2.45, 2.75) is 6.54 Å². The number of aromatic nitrogens is 2. The Labute approximate surface area is 119 Å². The van der Waals surface area contributed by atoms with E-state index in [0.29, 0.717) is 18.1 Å². The summed E-state index contributed by atoms with van der Waals surface area (Å²) in [7, 11) is 5.94. The van der Waals surface area contributed by atoms with Crippen LogP contribution in [-0.2, 0) is 6.54 Å². The van der Waals surface area contributed by atoms with Gasteiger partial charge >= 0.3 is 0 Å². The second-order valence-electron chi connectivity index (χ2n) is 4.76. The summed E-state index contributed by atoms with van der Waals surface area (Å²) in [6.45, 7) is 0.676. The second kappa shape index (κ2) is 6.02. The minimum Gasteiger partial charge on any atom is -0.378 e. The molecule has 0 saturated carbocycles. The molecule has 5 nitrogen and oxygen atoms in total. The van der Waals surface area contributed by atoms with Gasteiger partial charge in [0.1, 0.15) is 6.07 Å². The van der Waals surface area contributed by atoms with E-state index in [9.17, 15) is 0 Å². The fourth-order valence-electron chi connectivity index (χ4n) is 1.97. The molecule has 0 radical (unpaired) electrons. The highest BCUT2D eigenvalue weighted by Gasteiger charge is 2.10. The predicted octanol–water partition coefficient (Wildman–Crippen LogP) is 2.05. The Kier molecular flexibility index (Phi) is 4.16. The molecule has 0 aliphatic carbocycles. The molecule has 1 heterocycles. The molecule has 0 bridgehead atoms. The number of hydrogen-bond donors (Lipinski definition) is 0. The highest BCUT2D eigenvalue weighted by atomic mass is 15.2. The van der Waals surface area contributed by atoms with E-state index in [4.69, 9.17) is 5.26 Å². The van der Waals surface area contributed by atoms with Gasteiger partial charge < -0.3 is 9.80 Å². The largest absolute Gasteiger partial charge is 0.378 e. The Hall–Kier alpha value is -2.61. The molecule has 0 unspecified atom stereocenters. The summed E-state index contributed by atoms with van der Waals surface area (Å²) in [5, 5.41) is 9.06. The number of benzene rings is 1. The summed E-state index contributed by atoms with van der Waals surface area (Å²) in [4.78, 5) is 12.3. The van der Waals surface area contributed by atoms with Crippen molar-refractivity contribution in [1.29, 1.82) is 5.26 Å². The molecule has 1 aromatic carbocycles. The van der Waals surface area contributed by atoms with Gasteiger partial charge in [0.05, 0.1) is 0 Å². The average molecular weight is 267 g/mol. The van der Waals surface area contributed by atoms with Gasteiger partial charge in [-0.15, -0.1) is 0 Å². The van der Waals surface area contributed by atoms with Crippen LogP contribution < -0.4 is 9.80 Å². The van der Waals surface area contributed by atoms with Crippen LogP contribution in [0.3, 0.4) is 0 Å². The fourth-order valence-corrected chi connectivity index (χ4v) is 1.97. The molecule has 5 heteroatoms. The fraction of sp³-hybridized carbons (Fsp3) is 0.267. The van der Waals surface area contributed by atoms with Gasteiger partial charge in [0.15, 0.2) is 11.5 Å². The van der Waals surface area contributed by atoms with Crippen molar-refractivity contribution in [3.63, 3.8) is 0 Å². The first-order valence-corrected chi connectivity index (χ1v) is 6.30. The lowest BCUT2D eigenvalue weighted by molar-refractivity contribution is 0.884. The van der Waals surface area contributed by atoms with Gasteiger partial charge in [-0.2, -0.15) is 5.26 Å². The zero-order valence-corrected chi connectivity index (χ0v) is 11.9. The molecule has 0 fully saturated rings. The summed E-state index contributed by atoms with van der Waals surface area (Å²) < 4.78 is 0. The van der Waals surface area contributed by atoms with Crippen molar-refractivity contribution < 1.29 is 0 Å². The zero-order valence-electron chi connectivity index (χ0n) is 11.9. The first-order chi connectivity index (χ1) is 9.61. The van der Waals surface area contributed by atoms with Crippen molar-refractivity contribution >= 4 is 11.5 Å². The van der Waals surface area contributed by atoms with Crippen molar-refractivity contribution in [3.05, 3.63) is 47.9 Å². The Morgan fingerprint density at radius 1 is 1.15 bits per heavy atom. The van der Waals surface area contributed by atoms with Crippen LogP contribution in [0.5, 0.6) is 0 Å². The summed E-state index contributed by atoms with van der Waals surface area (Å²) in [5.74, 6) is 0.602. The van der Waals surface area contributed by atoms with Crippen LogP contribution in [0.2, 0.25) is 0 Å². The van der Waals surface area contributed by atoms with E-state index in [2.05, 4.69) is 39.1 Å². The first kappa shape index (κ1) is 13.8. The van der Waals surface area contributed by atoms with Gasteiger partial charge in [-0.05, 0) is 17.7 Å². The van der Waals surface area contributed by atoms with Gasteiger partial charge in [0.25, 0.3) is 0 Å². The van der Waals surface area contributed by atoms with Crippen molar-refractivity contribution in [2.24, 2.45) is 0 Å². The van der Waals surface area contributed by atoms with Crippen molar-refractivity contribution in [2.75, 3.05) is 30.9 Å². The van der Waals surface area contributed by atoms with E-state index in [1.54, 1.807) is 6.20 Å². The van der Waals surface area contributed by atoms with Gasteiger partial charge in [-0.3, -0.25) is 0 Å². The summed E-state index contributed by atoms with van der Waals surface area (Å²) in [6.07, 6.45) is 3.13. The van der Waals surface area contributed by atoms with Gasteiger partial charge in [0.2, 0.25) is 0 Å². The zero-order chi connectivity index (χ0) is 14.5. The van der Waals surface area contributed by atoms with Crippen LogP contribution in [0.15, 0.2) is 36.7 Å². The minimum absolute atomic E-state index is 0.346. The third kappa shape index (κ3) is 3.04. The molecule has 0 amide bonds. The molecule has 0 aliphatic rings. The Balaban J connectivity index is 2.22. The Morgan fingerprint density at radius 2 is 1.90 bits per heavy atom. The summed E-state index contributed by atoms with van der Waals surface area (Å²) >= 11 is 0. The molecule has 2 aromatic rings. The maximum atomic E-state index is 9.06. The number of anilines is 2. The van der Waals surface area contributed by atoms with Gasteiger partial charge in [-0.1, -0.05) is 12.1 Å². The smallest absolute Gasteiger partial charge is 0.183 e. The molecule has 20 heavy (non-hydrogen) atoms. The van der Waals surface area contributed by atoms with E-state index >= 15 is 0 Å². The van der Waals surface area contributed by atoms with Gasteiger partial charge in [0, 0.05) is 45.8 Å². The van der Waals surface area contributed by atoms with E-state index < -0.39 is 0 Å². The Morgan fingerprint density at radius 3 is 2.60 bits per heavy atom. The normalized spacial score (nSPS) is 9.90. The SMILES string of the molecule is CN(C)c1cccc(CN(C)c2nccnc2C#N)c1. The third-order valence-electron chi connectivity index (χ3n) is 2.99. The van der Waals surface area contributed by atoms with Crippen LogP contribution in [0.25, 0.3) is 0 Å². The highest BCUT2D eigenvalue weighted by molar-refractivity contribution is 5.51. The number of rotatable bonds is 4. The monoisotopic (exact) mass is 267 g/mol. The maximum absolute atomic E-state index is 9.06.